The number of esters is 1. The maximum Gasteiger partial charge on any atom is 0.337 e. The van der Waals surface area contributed by atoms with Crippen LogP contribution in [0, 0.1) is 10.6 Å². The first kappa shape index (κ1) is 19.2. The number of aliphatic imine (C=N–C) groups is 1. The van der Waals surface area contributed by atoms with E-state index < -0.39 is 23.2 Å². The summed E-state index contributed by atoms with van der Waals surface area (Å²) >= 11 is 5.09. The van der Waals surface area contributed by atoms with E-state index in [2.05, 4.69) is 14.7 Å². The molecule has 28 heavy (non-hydrogen) atoms. The first-order valence-corrected chi connectivity index (χ1v) is 8.38. The molecule has 0 radical (unpaired) electrons. The number of benzene rings is 2. The van der Waals surface area contributed by atoms with Crippen molar-refractivity contribution >= 4 is 30.1 Å². The fourth-order valence-electron chi connectivity index (χ4n) is 2.43. The molecule has 9 heteroatoms. The van der Waals surface area contributed by atoms with Crippen LogP contribution in [0.2, 0.25) is 0 Å². The van der Waals surface area contributed by atoms with E-state index in [1.807, 2.05) is 0 Å². The van der Waals surface area contributed by atoms with Crippen molar-refractivity contribution in [3.05, 3.63) is 80.6 Å². The van der Waals surface area contributed by atoms with Crippen LogP contribution >= 0.6 is 12.2 Å². The van der Waals surface area contributed by atoms with Gasteiger partial charge in [0.2, 0.25) is 5.88 Å². The molecule has 142 valence electrons. The number of carbonyl (C=O) groups is 1. The number of nitrogens with one attached hydrogen (secondary N) is 1. The van der Waals surface area contributed by atoms with Gasteiger partial charge < -0.3 is 9.84 Å². The van der Waals surface area contributed by atoms with Crippen LogP contribution in [0.5, 0.6) is 5.88 Å². The molecular weight excluding hydrogens is 385 g/mol. The second-order valence-electron chi connectivity index (χ2n) is 5.61. The van der Waals surface area contributed by atoms with E-state index in [0.717, 1.165) is 0 Å². The molecule has 0 saturated carbocycles. The van der Waals surface area contributed by atoms with Gasteiger partial charge in [-0.05, 0) is 60.7 Å². The molecule has 0 spiro atoms. The lowest BCUT2D eigenvalue weighted by atomic mass is 10.2. The lowest BCUT2D eigenvalue weighted by Crippen LogP contribution is -2.18. The Bertz CT molecular complexity index is 1170. The standard InChI is InChI=1S/C19H14FN3O4S/c1-27-18(26)11-2-6-13(7-3-11)21-10-15-16(24)22-19(28)23(17(15)25)14-8-4-12(20)5-9-14/h2-10,25H,1H3,(H,22,24,28). The molecule has 0 unspecified atom stereocenters. The zero-order valence-electron chi connectivity index (χ0n) is 14.5. The maximum absolute atomic E-state index is 13.2. The number of aromatic hydroxyl groups is 1. The average Bonchev–Trinajstić information content (AvgIpc) is 2.69. The number of aromatic nitrogens is 2. The minimum absolute atomic E-state index is 0.0475. The van der Waals surface area contributed by atoms with Gasteiger partial charge in [-0.15, -0.1) is 0 Å². The number of carbonyl (C=O) groups excluding carboxylic acids is 1. The molecule has 1 heterocycles. The largest absolute Gasteiger partial charge is 0.494 e. The van der Waals surface area contributed by atoms with Gasteiger partial charge in [0.05, 0.1) is 24.0 Å². The molecule has 0 aliphatic heterocycles. The summed E-state index contributed by atoms with van der Waals surface area (Å²) in [4.78, 5) is 30.2. The monoisotopic (exact) mass is 399 g/mol. The number of halogens is 1. The van der Waals surface area contributed by atoms with E-state index in [-0.39, 0.29) is 10.3 Å². The number of H-pyrrole nitrogens is 1. The molecule has 3 aromatic rings. The highest BCUT2D eigenvalue weighted by atomic mass is 32.1. The van der Waals surface area contributed by atoms with E-state index in [4.69, 9.17) is 12.2 Å². The van der Waals surface area contributed by atoms with Crippen LogP contribution in [0.3, 0.4) is 0 Å². The van der Waals surface area contributed by atoms with Gasteiger partial charge in [-0.25, -0.2) is 9.18 Å². The van der Waals surface area contributed by atoms with Crippen LogP contribution < -0.4 is 5.56 Å². The molecule has 0 fully saturated rings. The van der Waals surface area contributed by atoms with Crippen LogP contribution in [-0.2, 0) is 4.74 Å². The zero-order chi connectivity index (χ0) is 20.3. The van der Waals surface area contributed by atoms with Crippen molar-refractivity contribution in [2.24, 2.45) is 4.99 Å². The number of aromatic amines is 1. The third-order valence-corrected chi connectivity index (χ3v) is 4.12. The second-order valence-corrected chi connectivity index (χ2v) is 5.99. The van der Waals surface area contributed by atoms with Gasteiger partial charge in [0.1, 0.15) is 11.4 Å². The number of rotatable bonds is 4. The van der Waals surface area contributed by atoms with Crippen LogP contribution in [-0.4, -0.2) is 34.0 Å². The molecule has 3 rings (SSSR count). The van der Waals surface area contributed by atoms with E-state index >= 15 is 0 Å². The van der Waals surface area contributed by atoms with Crippen molar-refractivity contribution in [1.29, 1.82) is 0 Å². The molecule has 0 amide bonds. The Morgan fingerprint density at radius 1 is 1.21 bits per heavy atom. The molecule has 0 atom stereocenters. The highest BCUT2D eigenvalue weighted by molar-refractivity contribution is 7.71. The first-order chi connectivity index (χ1) is 13.4. The van der Waals surface area contributed by atoms with Crippen LogP contribution in [0.4, 0.5) is 10.1 Å². The predicted octanol–water partition coefficient (Wildman–Crippen LogP) is 3.28. The minimum Gasteiger partial charge on any atom is -0.494 e. The van der Waals surface area contributed by atoms with Crippen molar-refractivity contribution in [1.82, 2.24) is 9.55 Å². The average molecular weight is 399 g/mol. The Kier molecular flexibility index (Phi) is 5.46. The van der Waals surface area contributed by atoms with Gasteiger partial charge in [-0.2, -0.15) is 0 Å². The van der Waals surface area contributed by atoms with Gasteiger partial charge in [0, 0.05) is 6.21 Å². The van der Waals surface area contributed by atoms with Crippen molar-refractivity contribution < 1.29 is 19.0 Å². The van der Waals surface area contributed by atoms with Crippen LogP contribution in [0.25, 0.3) is 5.69 Å². The third kappa shape index (κ3) is 3.89. The summed E-state index contributed by atoms with van der Waals surface area (Å²) < 4.78 is 18.9. The lowest BCUT2D eigenvalue weighted by Gasteiger charge is -2.11. The fraction of sp³-hybridized carbons (Fsp3) is 0.0526. The van der Waals surface area contributed by atoms with E-state index in [9.17, 15) is 19.1 Å². The van der Waals surface area contributed by atoms with Crippen molar-refractivity contribution in [3.8, 4) is 11.6 Å². The quantitative estimate of drug-likeness (QED) is 0.399. The summed E-state index contributed by atoms with van der Waals surface area (Å²) in [6.45, 7) is 0. The highest BCUT2D eigenvalue weighted by Gasteiger charge is 2.13. The number of hydrogen-bond acceptors (Lipinski definition) is 6. The van der Waals surface area contributed by atoms with Crippen LogP contribution in [0.15, 0.2) is 58.3 Å². The molecule has 0 aliphatic rings. The summed E-state index contributed by atoms with van der Waals surface area (Å²) in [6.07, 6.45) is 1.18. The van der Waals surface area contributed by atoms with Crippen molar-refractivity contribution in [2.45, 2.75) is 0 Å². The lowest BCUT2D eigenvalue weighted by molar-refractivity contribution is 0.0601. The Hall–Kier alpha value is -3.59. The summed E-state index contributed by atoms with van der Waals surface area (Å²) in [7, 11) is 1.28. The van der Waals surface area contributed by atoms with Gasteiger partial charge in [0.15, 0.2) is 4.77 Å². The molecule has 2 N–H and O–H groups in total. The Labute approximate surface area is 163 Å². The summed E-state index contributed by atoms with van der Waals surface area (Å²) in [5.74, 6) is -1.36. The van der Waals surface area contributed by atoms with Gasteiger partial charge in [0.25, 0.3) is 5.56 Å². The third-order valence-electron chi connectivity index (χ3n) is 3.84. The van der Waals surface area contributed by atoms with Crippen LogP contribution in [0.1, 0.15) is 15.9 Å². The molecule has 7 nitrogen and oxygen atoms in total. The van der Waals surface area contributed by atoms with Crippen molar-refractivity contribution in [3.63, 3.8) is 0 Å². The Morgan fingerprint density at radius 3 is 2.46 bits per heavy atom. The molecule has 2 aromatic carbocycles. The minimum atomic E-state index is -0.629. The SMILES string of the molecule is COC(=O)c1ccc(N=Cc2c(O)n(-c3ccc(F)cc3)c(=S)[nH]c2=O)cc1. The Balaban J connectivity index is 2.00. The zero-order valence-corrected chi connectivity index (χ0v) is 15.4. The molecule has 0 bridgehead atoms. The van der Waals surface area contributed by atoms with Gasteiger partial charge >= 0.3 is 5.97 Å². The fourth-order valence-corrected chi connectivity index (χ4v) is 2.71. The summed E-state index contributed by atoms with van der Waals surface area (Å²) in [6, 6.07) is 11.4. The molecular formula is C19H14FN3O4S. The number of ether oxygens (including phenoxy) is 1. The molecule has 0 aliphatic carbocycles. The van der Waals surface area contributed by atoms with Crippen molar-refractivity contribution in [2.75, 3.05) is 7.11 Å². The highest BCUT2D eigenvalue weighted by Crippen LogP contribution is 2.20. The topological polar surface area (TPSA) is 96.7 Å². The Morgan fingerprint density at radius 2 is 1.86 bits per heavy atom. The summed E-state index contributed by atoms with van der Waals surface area (Å²) in [5.41, 5.74) is 0.414. The van der Waals surface area contributed by atoms with Gasteiger partial charge in [-0.1, -0.05) is 0 Å². The smallest absolute Gasteiger partial charge is 0.337 e. The number of nitrogens with zero attached hydrogens (tertiary/aromatic N) is 2. The first-order valence-electron chi connectivity index (χ1n) is 7.97. The second kappa shape index (κ2) is 7.97. The van der Waals surface area contributed by atoms with E-state index in [1.54, 1.807) is 12.1 Å². The van der Waals surface area contributed by atoms with E-state index in [1.165, 1.54) is 54.3 Å². The molecule has 1 aromatic heterocycles. The summed E-state index contributed by atoms with van der Waals surface area (Å²) in [5, 5.41) is 10.5. The number of methoxy groups -OCH3 is 1. The molecule has 0 saturated heterocycles. The number of hydrogen-bond donors (Lipinski definition) is 2. The normalized spacial score (nSPS) is 10.9. The predicted molar refractivity (Wildman–Crippen MR) is 104 cm³/mol. The maximum atomic E-state index is 13.2. The van der Waals surface area contributed by atoms with E-state index in [0.29, 0.717) is 16.9 Å². The van der Waals surface area contributed by atoms with Gasteiger partial charge in [-0.3, -0.25) is 19.3 Å².